The first-order chi connectivity index (χ1) is 18.0. The van der Waals surface area contributed by atoms with Gasteiger partial charge in [-0.05, 0) is 42.4 Å². The van der Waals surface area contributed by atoms with Gasteiger partial charge in [-0.25, -0.2) is 23.7 Å². The minimum Gasteiger partial charge on any atom is -0.366 e. The number of anilines is 3. The van der Waals surface area contributed by atoms with E-state index in [2.05, 4.69) is 25.6 Å². The Morgan fingerprint density at radius 3 is 2.54 bits per heavy atom. The molecule has 0 amide bonds. The van der Waals surface area contributed by atoms with Crippen LogP contribution >= 0.6 is 0 Å². The third-order valence-corrected chi connectivity index (χ3v) is 7.33. The second-order valence-corrected chi connectivity index (χ2v) is 9.53. The van der Waals surface area contributed by atoms with Crippen molar-refractivity contribution in [2.75, 3.05) is 10.6 Å². The van der Waals surface area contributed by atoms with Crippen molar-refractivity contribution in [3.63, 3.8) is 0 Å². The Balaban J connectivity index is 1.29. The molecule has 0 radical (unpaired) electrons. The van der Waals surface area contributed by atoms with Crippen LogP contribution in [0.4, 0.5) is 30.6 Å². The highest BCUT2D eigenvalue weighted by Gasteiger charge is 2.52. The Labute approximate surface area is 209 Å². The van der Waals surface area contributed by atoms with Crippen LogP contribution in [0.3, 0.4) is 0 Å². The number of fused-ring (bicyclic) bond motifs is 2. The van der Waals surface area contributed by atoms with E-state index in [0.717, 1.165) is 22.3 Å². The molecular weight excluding hydrogens is 479 g/mol. The van der Waals surface area contributed by atoms with Crippen molar-refractivity contribution in [1.82, 2.24) is 24.9 Å². The Morgan fingerprint density at radius 1 is 0.919 bits per heavy atom. The first-order valence-corrected chi connectivity index (χ1v) is 12.1. The number of nitrogens with one attached hydrogen (secondary N) is 2. The van der Waals surface area contributed by atoms with Crippen LogP contribution < -0.4 is 10.6 Å². The van der Waals surface area contributed by atoms with Gasteiger partial charge in [-0.15, -0.1) is 0 Å². The van der Waals surface area contributed by atoms with E-state index in [9.17, 15) is 13.2 Å². The number of allylic oxidation sites excluding steroid dienone is 4. The average molecular weight is 500 g/mol. The van der Waals surface area contributed by atoms with Crippen LogP contribution in [-0.4, -0.2) is 31.0 Å². The Kier molecular flexibility index (Phi) is 4.95. The summed E-state index contributed by atoms with van der Waals surface area (Å²) >= 11 is 0. The number of nitrogens with zero attached hydrogens (tertiary/aromatic N) is 5. The fraction of sp³-hybridized carbons (Fsp3) is 0.222. The molecule has 0 saturated heterocycles. The summed E-state index contributed by atoms with van der Waals surface area (Å²) in [5, 5.41) is 7.21. The zero-order valence-electron chi connectivity index (χ0n) is 19.4. The maximum Gasteiger partial charge on any atom is 0.251 e. The highest BCUT2D eigenvalue weighted by atomic mass is 19.2. The summed E-state index contributed by atoms with van der Waals surface area (Å²) in [6, 6.07) is 4.16. The highest BCUT2D eigenvalue weighted by molar-refractivity contribution is 6.02. The number of hydrogen-bond donors (Lipinski definition) is 2. The largest absolute Gasteiger partial charge is 0.366 e. The van der Waals surface area contributed by atoms with E-state index in [1.165, 1.54) is 25.5 Å². The Morgan fingerprint density at radius 2 is 1.76 bits per heavy atom. The van der Waals surface area contributed by atoms with Crippen molar-refractivity contribution in [2.45, 2.75) is 25.3 Å². The summed E-state index contributed by atoms with van der Waals surface area (Å²) in [4.78, 5) is 21.6. The van der Waals surface area contributed by atoms with Crippen LogP contribution in [0.1, 0.15) is 24.8 Å². The van der Waals surface area contributed by atoms with Crippen LogP contribution in [0.2, 0.25) is 0 Å². The number of halogens is 3. The molecule has 4 aromatic heterocycles. The third-order valence-electron chi connectivity index (χ3n) is 7.33. The van der Waals surface area contributed by atoms with Crippen LogP contribution in [0.15, 0.2) is 55.0 Å². The van der Waals surface area contributed by atoms with E-state index >= 15 is 0 Å². The molecule has 2 saturated carbocycles. The van der Waals surface area contributed by atoms with Gasteiger partial charge in [0.1, 0.15) is 11.6 Å². The third kappa shape index (κ3) is 3.80. The molecule has 4 aromatic rings. The molecule has 10 heteroatoms. The summed E-state index contributed by atoms with van der Waals surface area (Å²) in [7, 11) is 0. The molecule has 4 heterocycles. The number of rotatable bonds is 6. The molecule has 2 N–H and O–H groups in total. The van der Waals surface area contributed by atoms with E-state index in [0.29, 0.717) is 40.8 Å². The fourth-order valence-electron chi connectivity index (χ4n) is 5.39. The minimum absolute atomic E-state index is 0.182. The van der Waals surface area contributed by atoms with Gasteiger partial charge in [-0.2, -0.15) is 9.37 Å². The molecule has 0 aromatic carbocycles. The molecular formula is C27H20F3N7. The Hall–Kier alpha value is -4.34. The lowest BCUT2D eigenvalue weighted by Crippen LogP contribution is -2.12. The SMILES string of the molecule is Fc1cc(F)c(Nc2cc(-c3nc(NC4C5CCCC54)c4c(C5=CC=C5)cncc4n3)ccn2)nc1F. The standard InChI is InChI=1S/C27H20F3N7/c28-18-10-19(29)26(36-24(18)30)34-21-9-14(7-8-32-21)25-33-20-12-31-11-17(13-3-1-4-13)22(20)27(37-25)35-23-15-5-2-6-16(15)23/h1,3-4,7-12,15-16,23H,2,5-6H2,(H,32,34,36)(H,33,35,37). The molecule has 2 atom stereocenters. The maximum absolute atomic E-state index is 14.1. The minimum atomic E-state index is -1.40. The van der Waals surface area contributed by atoms with Gasteiger partial charge in [0.05, 0.1) is 17.1 Å². The number of aromatic nitrogens is 5. The van der Waals surface area contributed by atoms with E-state index < -0.39 is 23.4 Å². The van der Waals surface area contributed by atoms with Gasteiger partial charge in [0.25, 0.3) is 5.95 Å². The molecule has 37 heavy (non-hydrogen) atoms. The molecule has 184 valence electrons. The van der Waals surface area contributed by atoms with Gasteiger partial charge in [-0.3, -0.25) is 4.98 Å². The average Bonchev–Trinajstić information content (AvgIpc) is 3.26. The quantitative estimate of drug-likeness (QED) is 0.324. The van der Waals surface area contributed by atoms with Crippen molar-refractivity contribution in [3.05, 3.63) is 78.2 Å². The zero-order valence-corrected chi connectivity index (χ0v) is 19.4. The van der Waals surface area contributed by atoms with Gasteiger partial charge in [0, 0.05) is 35.6 Å². The Bertz CT molecular complexity index is 1620. The lowest BCUT2D eigenvalue weighted by molar-refractivity contribution is 0.467. The molecule has 2 unspecified atom stereocenters. The summed E-state index contributed by atoms with van der Waals surface area (Å²) < 4.78 is 40.9. The van der Waals surface area contributed by atoms with E-state index in [4.69, 9.17) is 9.97 Å². The van der Waals surface area contributed by atoms with E-state index in [1.807, 2.05) is 24.4 Å². The summed E-state index contributed by atoms with van der Waals surface area (Å²) in [5.74, 6) is -1.56. The lowest BCUT2D eigenvalue weighted by atomic mass is 9.97. The number of hydrogen-bond acceptors (Lipinski definition) is 7. The lowest BCUT2D eigenvalue weighted by Gasteiger charge is -2.16. The summed E-state index contributed by atoms with van der Waals surface area (Å²) in [6.07, 6.45) is 14.8. The maximum atomic E-state index is 14.1. The predicted octanol–water partition coefficient (Wildman–Crippen LogP) is 5.81. The van der Waals surface area contributed by atoms with Gasteiger partial charge in [-0.1, -0.05) is 24.6 Å². The van der Waals surface area contributed by atoms with Crippen molar-refractivity contribution >= 4 is 33.9 Å². The first kappa shape index (κ1) is 21.9. The molecule has 2 fully saturated rings. The van der Waals surface area contributed by atoms with Crippen LogP contribution in [0, 0.1) is 29.4 Å². The second-order valence-electron chi connectivity index (χ2n) is 9.53. The van der Waals surface area contributed by atoms with Crippen molar-refractivity contribution in [3.8, 4) is 11.4 Å². The molecule has 7 nitrogen and oxygen atoms in total. The summed E-state index contributed by atoms with van der Waals surface area (Å²) in [6.45, 7) is 0. The van der Waals surface area contributed by atoms with Gasteiger partial charge >= 0.3 is 0 Å². The molecule has 0 bridgehead atoms. The van der Waals surface area contributed by atoms with Crippen LogP contribution in [-0.2, 0) is 0 Å². The van der Waals surface area contributed by atoms with Crippen LogP contribution in [0.5, 0.6) is 0 Å². The number of pyridine rings is 3. The summed E-state index contributed by atoms with van der Waals surface area (Å²) in [5.41, 5.74) is 3.34. The monoisotopic (exact) mass is 499 g/mol. The second kappa shape index (κ2) is 8.36. The molecule has 3 aliphatic rings. The first-order valence-electron chi connectivity index (χ1n) is 12.1. The molecule has 0 aliphatic heterocycles. The normalized spacial score (nSPS) is 21.4. The highest BCUT2D eigenvalue weighted by Crippen LogP contribution is 2.53. The van der Waals surface area contributed by atoms with Gasteiger partial charge in [0.15, 0.2) is 23.3 Å². The smallest absolute Gasteiger partial charge is 0.251 e. The molecule has 3 aliphatic carbocycles. The topological polar surface area (TPSA) is 88.5 Å². The van der Waals surface area contributed by atoms with Gasteiger partial charge in [0.2, 0.25) is 0 Å². The van der Waals surface area contributed by atoms with Crippen LogP contribution in [0.25, 0.3) is 27.9 Å². The van der Waals surface area contributed by atoms with Crippen molar-refractivity contribution < 1.29 is 13.2 Å². The van der Waals surface area contributed by atoms with Gasteiger partial charge < -0.3 is 10.6 Å². The molecule has 7 rings (SSSR count). The van der Waals surface area contributed by atoms with Crippen molar-refractivity contribution in [1.29, 1.82) is 0 Å². The van der Waals surface area contributed by atoms with Crippen molar-refractivity contribution in [2.24, 2.45) is 11.8 Å². The van der Waals surface area contributed by atoms with E-state index in [1.54, 1.807) is 18.3 Å². The zero-order chi connectivity index (χ0) is 25.1. The van der Waals surface area contributed by atoms with E-state index in [-0.39, 0.29) is 5.82 Å². The predicted molar refractivity (Wildman–Crippen MR) is 133 cm³/mol. The fourth-order valence-corrected chi connectivity index (χ4v) is 5.39. The molecule has 0 spiro atoms.